The summed E-state index contributed by atoms with van der Waals surface area (Å²) < 4.78 is 0. The first-order valence-electron chi connectivity index (χ1n) is 12.3. The second-order valence-electron chi connectivity index (χ2n) is 11.0. The van der Waals surface area contributed by atoms with Crippen molar-refractivity contribution in [1.82, 2.24) is 10.6 Å². The Morgan fingerprint density at radius 2 is 1.45 bits per heavy atom. The Hall–Kier alpha value is -2.82. The third-order valence-corrected chi connectivity index (χ3v) is 8.23. The van der Waals surface area contributed by atoms with Crippen molar-refractivity contribution < 1.29 is 9.59 Å². The predicted molar refractivity (Wildman–Crippen MR) is 131 cm³/mol. The summed E-state index contributed by atoms with van der Waals surface area (Å²) in [4.78, 5) is 25.3. The molecule has 0 aromatic heterocycles. The van der Waals surface area contributed by atoms with Crippen LogP contribution in [0.4, 0.5) is 10.5 Å². The summed E-state index contributed by atoms with van der Waals surface area (Å²) in [5.41, 5.74) is 3.43. The van der Waals surface area contributed by atoms with E-state index in [0.29, 0.717) is 6.42 Å². The van der Waals surface area contributed by atoms with E-state index in [0.717, 1.165) is 42.6 Å². The lowest BCUT2D eigenvalue weighted by Gasteiger charge is -2.62. The molecule has 2 aromatic rings. The van der Waals surface area contributed by atoms with Gasteiger partial charge in [0.25, 0.3) is 0 Å². The van der Waals surface area contributed by atoms with Gasteiger partial charge in [-0.1, -0.05) is 42.5 Å². The van der Waals surface area contributed by atoms with Gasteiger partial charge in [-0.3, -0.25) is 4.79 Å². The van der Waals surface area contributed by atoms with Crippen LogP contribution in [0.3, 0.4) is 0 Å². The van der Waals surface area contributed by atoms with E-state index in [2.05, 4.69) is 28.9 Å². The van der Waals surface area contributed by atoms with Crippen LogP contribution in [0.15, 0.2) is 54.6 Å². The van der Waals surface area contributed by atoms with Gasteiger partial charge in [0.15, 0.2) is 0 Å². The van der Waals surface area contributed by atoms with Crippen LogP contribution < -0.4 is 16.0 Å². The van der Waals surface area contributed by atoms with Crippen molar-refractivity contribution in [2.75, 3.05) is 18.4 Å². The van der Waals surface area contributed by atoms with Crippen molar-refractivity contribution in [3.63, 3.8) is 0 Å². The van der Waals surface area contributed by atoms with E-state index in [1.54, 1.807) is 0 Å². The number of carbonyl (C=O) groups is 2. The van der Waals surface area contributed by atoms with E-state index >= 15 is 0 Å². The predicted octanol–water partition coefficient (Wildman–Crippen LogP) is 5.06. The quantitative estimate of drug-likeness (QED) is 0.557. The lowest BCUT2D eigenvalue weighted by atomic mass is 9.44. The maximum Gasteiger partial charge on any atom is 0.319 e. The smallest absolute Gasteiger partial charge is 0.319 e. The molecule has 3 amide bonds. The van der Waals surface area contributed by atoms with Crippen LogP contribution in [-0.4, -0.2) is 25.0 Å². The number of hydrogen-bond acceptors (Lipinski definition) is 2. The Balaban J connectivity index is 1.19. The zero-order valence-corrected chi connectivity index (χ0v) is 19.5. The highest BCUT2D eigenvalue weighted by atomic mass is 16.2. The zero-order chi connectivity index (χ0) is 22.9. The molecule has 2 aromatic carbocycles. The van der Waals surface area contributed by atoms with Crippen LogP contribution in [0.2, 0.25) is 0 Å². The fourth-order valence-corrected chi connectivity index (χ4v) is 7.36. The fourth-order valence-electron chi connectivity index (χ4n) is 7.36. The molecule has 0 aliphatic heterocycles. The molecular formula is C28H35N3O2. The van der Waals surface area contributed by atoms with E-state index in [1.165, 1.54) is 37.7 Å². The topological polar surface area (TPSA) is 70.2 Å². The molecule has 6 rings (SSSR count). The van der Waals surface area contributed by atoms with Crippen LogP contribution in [0, 0.1) is 29.6 Å². The lowest BCUT2D eigenvalue weighted by molar-refractivity contribution is -0.126. The van der Waals surface area contributed by atoms with Crippen molar-refractivity contribution in [3.8, 4) is 0 Å². The minimum absolute atomic E-state index is 0.120. The number of carbonyl (C=O) groups excluding carboxylic acids is 2. The number of hydrogen-bond donors (Lipinski definition) is 3. The number of aryl methyl sites for hydroxylation is 1. The monoisotopic (exact) mass is 445 g/mol. The Bertz CT molecular complexity index is 1000. The van der Waals surface area contributed by atoms with Gasteiger partial charge in [0.2, 0.25) is 5.91 Å². The summed E-state index contributed by atoms with van der Waals surface area (Å²) in [5.74, 6) is 1.56. The summed E-state index contributed by atoms with van der Waals surface area (Å²) in [6, 6.07) is 17.6. The zero-order valence-electron chi connectivity index (χ0n) is 19.5. The number of rotatable bonds is 7. The minimum atomic E-state index is -0.127. The van der Waals surface area contributed by atoms with Gasteiger partial charge in [-0.25, -0.2) is 4.79 Å². The molecule has 4 aliphatic rings. The van der Waals surface area contributed by atoms with Crippen LogP contribution in [-0.2, 0) is 11.2 Å². The van der Waals surface area contributed by atoms with Gasteiger partial charge in [0.05, 0.1) is 6.42 Å². The van der Waals surface area contributed by atoms with Gasteiger partial charge in [-0.2, -0.15) is 0 Å². The second-order valence-corrected chi connectivity index (χ2v) is 11.0. The van der Waals surface area contributed by atoms with Gasteiger partial charge < -0.3 is 16.0 Å². The standard InChI is InChI=1S/C28H35N3O2/c1-20-7-5-6-8-23(20)12-25(32)29-18-27-13-21-11-22(14-27)16-28(15-21,17-27)19-30-26(33)31-24-9-3-2-4-10-24/h2-10,21-22H,11-19H2,1H3,(H,29,32)(H2,30,31,33). The fraction of sp³-hybridized carbons (Fsp3) is 0.500. The molecule has 4 fully saturated rings. The van der Waals surface area contributed by atoms with Gasteiger partial charge >= 0.3 is 6.03 Å². The first-order valence-corrected chi connectivity index (χ1v) is 12.3. The molecule has 4 bridgehead atoms. The number of para-hydroxylation sites is 1. The van der Waals surface area contributed by atoms with Crippen LogP contribution in [0.5, 0.6) is 0 Å². The maximum atomic E-state index is 12.7. The molecule has 0 spiro atoms. The van der Waals surface area contributed by atoms with Gasteiger partial charge in [-0.05, 0) is 91.4 Å². The summed E-state index contributed by atoms with van der Waals surface area (Å²) in [7, 11) is 0. The molecule has 2 unspecified atom stereocenters. The second kappa shape index (κ2) is 8.85. The minimum Gasteiger partial charge on any atom is -0.355 e. The van der Waals surface area contributed by atoms with Gasteiger partial charge in [-0.15, -0.1) is 0 Å². The molecule has 0 radical (unpaired) electrons. The van der Waals surface area contributed by atoms with Crippen LogP contribution >= 0.6 is 0 Å². The highest BCUT2D eigenvalue weighted by Crippen LogP contribution is 2.64. The molecular weight excluding hydrogens is 410 g/mol. The van der Waals surface area contributed by atoms with E-state index in [4.69, 9.17) is 0 Å². The number of urea groups is 1. The Labute approximate surface area is 196 Å². The maximum absolute atomic E-state index is 12.7. The van der Waals surface area contributed by atoms with Crippen molar-refractivity contribution in [2.24, 2.45) is 22.7 Å². The summed E-state index contributed by atoms with van der Waals surface area (Å²) in [5, 5.41) is 9.41. The number of anilines is 1. The van der Waals surface area contributed by atoms with Gasteiger partial charge in [0.1, 0.15) is 0 Å². The van der Waals surface area contributed by atoms with Crippen LogP contribution in [0.25, 0.3) is 0 Å². The van der Waals surface area contributed by atoms with Gasteiger partial charge in [0, 0.05) is 18.8 Å². The molecule has 0 heterocycles. The molecule has 5 nitrogen and oxygen atoms in total. The number of benzene rings is 2. The Morgan fingerprint density at radius 1 is 0.848 bits per heavy atom. The first kappa shape index (κ1) is 22.0. The molecule has 4 saturated carbocycles. The average Bonchev–Trinajstić information content (AvgIpc) is 2.78. The van der Waals surface area contributed by atoms with E-state index in [9.17, 15) is 9.59 Å². The third-order valence-electron chi connectivity index (χ3n) is 8.23. The molecule has 4 aliphatic carbocycles. The number of amides is 3. The summed E-state index contributed by atoms with van der Waals surface area (Å²) >= 11 is 0. The largest absolute Gasteiger partial charge is 0.355 e. The van der Waals surface area contributed by atoms with Crippen LogP contribution in [0.1, 0.15) is 49.7 Å². The molecule has 0 saturated heterocycles. The SMILES string of the molecule is Cc1ccccc1CC(=O)NCC12CC3CC(C1)CC(CNC(=O)Nc1ccccc1)(C3)C2. The third kappa shape index (κ3) is 4.92. The summed E-state index contributed by atoms with van der Waals surface area (Å²) in [6.07, 6.45) is 7.70. The normalized spacial score (nSPS) is 29.5. The number of nitrogens with one attached hydrogen (secondary N) is 3. The molecule has 2 atom stereocenters. The summed E-state index contributed by atoms with van der Waals surface area (Å²) in [6.45, 7) is 3.55. The highest BCUT2D eigenvalue weighted by molar-refractivity contribution is 5.89. The first-order chi connectivity index (χ1) is 15.9. The molecule has 5 heteroatoms. The van der Waals surface area contributed by atoms with E-state index in [-0.39, 0.29) is 22.8 Å². The van der Waals surface area contributed by atoms with Crippen molar-refractivity contribution in [2.45, 2.75) is 51.9 Å². The van der Waals surface area contributed by atoms with E-state index in [1.807, 2.05) is 48.5 Å². The Morgan fingerprint density at radius 3 is 2.12 bits per heavy atom. The average molecular weight is 446 g/mol. The molecule has 33 heavy (non-hydrogen) atoms. The lowest BCUT2D eigenvalue weighted by Crippen LogP contribution is -2.58. The Kier molecular flexibility index (Phi) is 5.90. The van der Waals surface area contributed by atoms with Crippen molar-refractivity contribution in [3.05, 3.63) is 65.7 Å². The van der Waals surface area contributed by atoms with Crippen molar-refractivity contribution >= 4 is 17.6 Å². The van der Waals surface area contributed by atoms with E-state index < -0.39 is 0 Å². The molecule has 174 valence electrons. The highest BCUT2D eigenvalue weighted by Gasteiger charge is 2.57. The molecule has 3 N–H and O–H groups in total. The van der Waals surface area contributed by atoms with Crippen molar-refractivity contribution in [1.29, 1.82) is 0 Å².